The van der Waals surface area contributed by atoms with E-state index in [1.165, 1.54) is 11.1 Å². The second-order valence-corrected chi connectivity index (χ2v) is 5.14. The van der Waals surface area contributed by atoms with Gasteiger partial charge in [0.15, 0.2) is 5.37 Å². The van der Waals surface area contributed by atoms with E-state index in [-0.39, 0.29) is 5.37 Å². The number of carbonyl (C=O) groups excluding carboxylic acids is 1. The average Bonchev–Trinajstić information content (AvgIpc) is 2.78. The molecule has 0 amide bonds. The number of hydrogen-bond acceptors (Lipinski definition) is 3. The summed E-state index contributed by atoms with van der Waals surface area (Å²) in [5.41, 5.74) is 2.49. The lowest BCUT2D eigenvalue weighted by Crippen LogP contribution is -2.90. The van der Waals surface area contributed by atoms with Gasteiger partial charge in [-0.15, -0.1) is 0 Å². The van der Waals surface area contributed by atoms with E-state index in [9.17, 15) is 9.90 Å². The molecule has 2 N–H and O–H groups in total. The molecule has 16 heavy (non-hydrogen) atoms. The molecular weight excluding hydrogens is 222 g/mol. The van der Waals surface area contributed by atoms with Crippen molar-refractivity contribution in [1.82, 2.24) is 0 Å². The van der Waals surface area contributed by atoms with E-state index in [1.807, 2.05) is 5.32 Å². The van der Waals surface area contributed by atoms with Gasteiger partial charge in [-0.2, -0.15) is 0 Å². The summed E-state index contributed by atoms with van der Waals surface area (Å²) in [5.74, 6) is -0.331. The van der Waals surface area contributed by atoms with E-state index in [1.54, 1.807) is 11.8 Å². The fraction of sp³-hybridized carbons (Fsp3) is 0.417. The van der Waals surface area contributed by atoms with E-state index < -0.39 is 12.0 Å². The first-order valence-corrected chi connectivity index (χ1v) is 6.52. The van der Waals surface area contributed by atoms with E-state index in [4.69, 9.17) is 0 Å². The quantitative estimate of drug-likeness (QED) is 0.783. The molecule has 1 aromatic carbocycles. The van der Waals surface area contributed by atoms with Gasteiger partial charge in [0.1, 0.15) is 12.0 Å². The van der Waals surface area contributed by atoms with Crippen LogP contribution in [0.4, 0.5) is 0 Å². The Labute approximate surface area is 99.2 Å². The zero-order valence-corrected chi connectivity index (χ0v) is 10.00. The van der Waals surface area contributed by atoms with Crippen molar-refractivity contribution in [2.24, 2.45) is 0 Å². The molecule has 0 bridgehead atoms. The lowest BCUT2D eigenvalue weighted by molar-refractivity contribution is -0.690. The molecule has 1 saturated heterocycles. The Morgan fingerprint density at radius 2 is 2.19 bits per heavy atom. The molecule has 0 aliphatic carbocycles. The Hall–Kier alpha value is -1.00. The molecule has 2 atom stereocenters. The standard InChI is InChI=1S/C12H15NO2S/c1-2-8-3-5-9(6-4-8)11-13-10(7-16-11)12(14)15/h3-6,10-11,13H,2,7H2,1H3,(H,14,15)/t10-,11-/m0/s1. The van der Waals surface area contributed by atoms with Crippen LogP contribution in [-0.2, 0) is 11.2 Å². The number of carboxylic acids is 1. The molecule has 0 spiro atoms. The van der Waals surface area contributed by atoms with Gasteiger partial charge in [-0.3, -0.25) is 0 Å². The molecule has 4 heteroatoms. The van der Waals surface area contributed by atoms with Gasteiger partial charge in [0.25, 0.3) is 0 Å². The first-order chi connectivity index (χ1) is 7.70. The number of thioether (sulfide) groups is 1. The maximum atomic E-state index is 10.7. The highest BCUT2D eigenvalue weighted by Crippen LogP contribution is 2.26. The summed E-state index contributed by atoms with van der Waals surface area (Å²) in [6, 6.07) is 7.99. The molecule has 1 aliphatic heterocycles. The van der Waals surface area contributed by atoms with Crippen molar-refractivity contribution in [2.75, 3.05) is 5.75 Å². The normalized spacial score (nSPS) is 24.6. The first kappa shape index (κ1) is 11.5. The smallest absolute Gasteiger partial charge is 0.159 e. The number of hydrogen-bond donors (Lipinski definition) is 1. The average molecular weight is 237 g/mol. The Morgan fingerprint density at radius 3 is 2.69 bits per heavy atom. The van der Waals surface area contributed by atoms with Crippen LogP contribution in [0, 0.1) is 0 Å². The minimum atomic E-state index is -0.958. The van der Waals surface area contributed by atoms with Crippen molar-refractivity contribution in [2.45, 2.75) is 24.8 Å². The number of aliphatic carboxylic acids is 1. The number of nitrogens with two attached hydrogens (primary N) is 1. The van der Waals surface area contributed by atoms with Crippen molar-refractivity contribution in [3.63, 3.8) is 0 Å². The predicted molar refractivity (Wildman–Crippen MR) is 61.7 cm³/mol. The van der Waals surface area contributed by atoms with Gasteiger partial charge in [0.2, 0.25) is 0 Å². The number of rotatable bonds is 3. The Bertz CT molecular complexity index is 377. The third-order valence-electron chi connectivity index (χ3n) is 2.88. The zero-order chi connectivity index (χ0) is 11.5. The van der Waals surface area contributed by atoms with Gasteiger partial charge in [-0.1, -0.05) is 43.0 Å². The second kappa shape index (κ2) is 4.89. The van der Waals surface area contributed by atoms with Crippen LogP contribution >= 0.6 is 11.8 Å². The topological polar surface area (TPSA) is 56.7 Å². The van der Waals surface area contributed by atoms with Crippen LogP contribution in [0.5, 0.6) is 0 Å². The summed E-state index contributed by atoms with van der Waals surface area (Å²) in [4.78, 5) is 10.7. The molecule has 0 saturated carbocycles. The van der Waals surface area contributed by atoms with Crippen LogP contribution in [0.3, 0.4) is 0 Å². The maximum absolute atomic E-state index is 10.7. The third kappa shape index (κ3) is 2.39. The lowest BCUT2D eigenvalue weighted by atomic mass is 10.1. The molecule has 1 fully saturated rings. The van der Waals surface area contributed by atoms with Gasteiger partial charge in [0.05, 0.1) is 5.75 Å². The number of quaternary nitrogens is 1. The molecule has 2 rings (SSSR count). The van der Waals surface area contributed by atoms with Gasteiger partial charge in [-0.25, -0.2) is 0 Å². The summed E-state index contributed by atoms with van der Waals surface area (Å²) in [6.07, 6.45) is 1.03. The van der Waals surface area contributed by atoms with Crippen LogP contribution in [0.1, 0.15) is 23.4 Å². The summed E-state index contributed by atoms with van der Waals surface area (Å²) in [6.45, 7) is 2.12. The molecule has 0 radical (unpaired) electrons. The zero-order valence-electron chi connectivity index (χ0n) is 9.18. The molecule has 1 aromatic rings. The molecule has 86 valence electrons. The maximum Gasteiger partial charge on any atom is 0.159 e. The molecule has 0 aromatic heterocycles. The number of carbonyl (C=O) groups is 1. The monoisotopic (exact) mass is 237 g/mol. The Kier molecular flexibility index (Phi) is 3.51. The largest absolute Gasteiger partial charge is 0.544 e. The van der Waals surface area contributed by atoms with Crippen molar-refractivity contribution < 1.29 is 15.2 Å². The molecule has 3 nitrogen and oxygen atoms in total. The predicted octanol–water partition coefficient (Wildman–Crippen LogP) is -0.324. The van der Waals surface area contributed by atoms with E-state index in [2.05, 4.69) is 31.2 Å². The molecular formula is C12H15NO2S. The summed E-state index contributed by atoms with van der Waals surface area (Å²) in [7, 11) is 0. The summed E-state index contributed by atoms with van der Waals surface area (Å²) >= 11 is 1.67. The van der Waals surface area contributed by atoms with Crippen LogP contribution in [0.15, 0.2) is 24.3 Å². The highest BCUT2D eigenvalue weighted by Gasteiger charge is 2.30. The van der Waals surface area contributed by atoms with Crippen LogP contribution < -0.4 is 10.4 Å². The van der Waals surface area contributed by atoms with Gasteiger partial charge >= 0.3 is 0 Å². The van der Waals surface area contributed by atoms with Crippen LogP contribution in [0.2, 0.25) is 0 Å². The van der Waals surface area contributed by atoms with Crippen molar-refractivity contribution >= 4 is 17.7 Å². The third-order valence-corrected chi connectivity index (χ3v) is 4.22. The molecule has 1 aliphatic rings. The highest BCUT2D eigenvalue weighted by molar-refractivity contribution is 7.99. The summed E-state index contributed by atoms with van der Waals surface area (Å²) in [5, 5.41) is 12.8. The van der Waals surface area contributed by atoms with E-state index in [0.29, 0.717) is 5.75 Å². The fourth-order valence-electron chi connectivity index (χ4n) is 1.83. The van der Waals surface area contributed by atoms with Gasteiger partial charge in [-0.05, 0) is 12.0 Å². The van der Waals surface area contributed by atoms with Crippen LogP contribution in [0.25, 0.3) is 0 Å². The van der Waals surface area contributed by atoms with Crippen LogP contribution in [-0.4, -0.2) is 17.8 Å². The molecule has 0 unspecified atom stereocenters. The first-order valence-electron chi connectivity index (χ1n) is 5.47. The van der Waals surface area contributed by atoms with Crippen molar-refractivity contribution in [3.8, 4) is 0 Å². The Morgan fingerprint density at radius 1 is 1.50 bits per heavy atom. The van der Waals surface area contributed by atoms with Crippen molar-refractivity contribution in [3.05, 3.63) is 35.4 Å². The number of carboxylic acid groups (broad SMARTS) is 1. The highest BCUT2D eigenvalue weighted by atomic mass is 32.2. The second-order valence-electron chi connectivity index (χ2n) is 3.97. The Balaban J connectivity index is 2.05. The lowest BCUT2D eigenvalue weighted by Gasteiger charge is -2.11. The minimum Gasteiger partial charge on any atom is -0.544 e. The SMILES string of the molecule is CCc1ccc([C@H]2[NH2+][C@H](C(=O)[O-])CS2)cc1. The van der Waals surface area contributed by atoms with Crippen molar-refractivity contribution in [1.29, 1.82) is 0 Å². The van der Waals surface area contributed by atoms with E-state index in [0.717, 1.165) is 6.42 Å². The number of benzene rings is 1. The van der Waals surface area contributed by atoms with Gasteiger partial charge < -0.3 is 15.2 Å². The fourth-order valence-corrected chi connectivity index (χ4v) is 3.14. The van der Waals surface area contributed by atoms with E-state index >= 15 is 0 Å². The minimum absolute atomic E-state index is 0.203. The summed E-state index contributed by atoms with van der Waals surface area (Å²) < 4.78 is 0. The number of aryl methyl sites for hydroxylation is 1. The van der Waals surface area contributed by atoms with Gasteiger partial charge in [0, 0.05) is 5.56 Å². The molecule has 1 heterocycles.